The van der Waals surface area contributed by atoms with E-state index in [9.17, 15) is 8.42 Å². The van der Waals surface area contributed by atoms with Gasteiger partial charge in [0, 0.05) is 24.3 Å². The van der Waals surface area contributed by atoms with Crippen LogP contribution in [0.25, 0.3) is 10.9 Å². The van der Waals surface area contributed by atoms with E-state index in [0.29, 0.717) is 39.7 Å². The van der Waals surface area contributed by atoms with Gasteiger partial charge in [-0.25, -0.2) is 13.4 Å². The highest BCUT2D eigenvalue weighted by atomic mass is 79.9. The molecule has 158 valence electrons. The van der Waals surface area contributed by atoms with Gasteiger partial charge in [-0.2, -0.15) is 10.1 Å². The minimum absolute atomic E-state index is 0.288. The number of para-hydroxylation sites is 1. The quantitative estimate of drug-likeness (QED) is 0.401. The van der Waals surface area contributed by atoms with Crippen molar-refractivity contribution in [1.82, 2.24) is 19.7 Å². The maximum Gasteiger partial charge on any atom is 0.229 e. The molecule has 31 heavy (non-hydrogen) atoms. The normalized spacial score (nSPS) is 14.0. The van der Waals surface area contributed by atoms with E-state index in [2.05, 4.69) is 41.6 Å². The van der Waals surface area contributed by atoms with Gasteiger partial charge in [-0.15, -0.1) is 0 Å². The van der Waals surface area contributed by atoms with Crippen LogP contribution < -0.4 is 10.6 Å². The predicted molar refractivity (Wildman–Crippen MR) is 124 cm³/mol. The number of nitrogens with zero attached hydrogens (tertiary/aromatic N) is 4. The van der Waals surface area contributed by atoms with E-state index in [-0.39, 0.29) is 5.25 Å². The van der Waals surface area contributed by atoms with Gasteiger partial charge in [0.05, 0.1) is 32.0 Å². The lowest BCUT2D eigenvalue weighted by Crippen LogP contribution is -2.10. The maximum atomic E-state index is 12.8. The van der Waals surface area contributed by atoms with Crippen LogP contribution >= 0.6 is 15.9 Å². The molecule has 2 aromatic heterocycles. The number of sulfone groups is 1. The molecule has 0 bridgehead atoms. The summed E-state index contributed by atoms with van der Waals surface area (Å²) >= 11 is 3.45. The average Bonchev–Trinajstić information content (AvgIpc) is 3.56. The SMILES string of the molecule is Cn1ncc2cc(Nc3ncc(Br)c(Nc4ccccc4S(=O)(=O)C4CC4)n3)ccc21. The van der Waals surface area contributed by atoms with Gasteiger partial charge >= 0.3 is 0 Å². The number of hydrogen-bond acceptors (Lipinski definition) is 7. The molecule has 10 heteroatoms. The fourth-order valence-corrected chi connectivity index (χ4v) is 5.49. The Morgan fingerprint density at radius 2 is 1.90 bits per heavy atom. The first-order valence-electron chi connectivity index (χ1n) is 9.73. The number of benzene rings is 2. The van der Waals surface area contributed by atoms with Crippen LogP contribution in [0.4, 0.5) is 23.1 Å². The molecule has 0 spiro atoms. The smallest absolute Gasteiger partial charge is 0.229 e. The highest BCUT2D eigenvalue weighted by Gasteiger charge is 2.38. The number of fused-ring (bicyclic) bond motifs is 1. The van der Waals surface area contributed by atoms with Crippen LogP contribution in [0.5, 0.6) is 0 Å². The Balaban J connectivity index is 1.44. The highest BCUT2D eigenvalue weighted by molar-refractivity contribution is 9.10. The van der Waals surface area contributed by atoms with Crippen molar-refractivity contribution >= 4 is 59.8 Å². The Morgan fingerprint density at radius 3 is 2.71 bits per heavy atom. The Kier molecular flexibility index (Phi) is 4.90. The molecule has 0 atom stereocenters. The number of aryl methyl sites for hydroxylation is 1. The van der Waals surface area contributed by atoms with E-state index in [4.69, 9.17) is 0 Å². The van der Waals surface area contributed by atoms with Crippen molar-refractivity contribution in [3.8, 4) is 0 Å². The van der Waals surface area contributed by atoms with Crippen LogP contribution in [0.2, 0.25) is 0 Å². The number of hydrogen-bond donors (Lipinski definition) is 2. The molecule has 5 rings (SSSR count). The van der Waals surface area contributed by atoms with Gasteiger partial charge in [0.15, 0.2) is 9.84 Å². The van der Waals surface area contributed by atoms with Crippen molar-refractivity contribution in [2.45, 2.75) is 23.0 Å². The predicted octanol–water partition coefficient (Wildman–Crippen LogP) is 4.55. The molecule has 0 saturated heterocycles. The zero-order valence-corrected chi connectivity index (χ0v) is 19.0. The molecule has 8 nitrogen and oxygen atoms in total. The summed E-state index contributed by atoms with van der Waals surface area (Å²) in [5.74, 6) is 0.856. The monoisotopic (exact) mass is 498 g/mol. The molecule has 1 fully saturated rings. The molecule has 2 heterocycles. The lowest BCUT2D eigenvalue weighted by molar-refractivity contribution is 0.595. The molecular formula is C21H19BrN6O2S. The standard InChI is InChI=1S/C21H19BrN6O2S/c1-28-18-9-6-14(10-13(18)11-24-28)25-21-23-12-16(22)20(27-21)26-17-4-2-3-5-19(17)31(29,30)15-7-8-15/h2-6,9-12,15H,7-8H2,1H3,(H2,23,25,26,27). The zero-order chi connectivity index (χ0) is 21.6. The highest BCUT2D eigenvalue weighted by Crippen LogP contribution is 2.37. The molecule has 4 aromatic rings. The lowest BCUT2D eigenvalue weighted by Gasteiger charge is -2.14. The van der Waals surface area contributed by atoms with E-state index in [1.165, 1.54) is 0 Å². The molecule has 1 saturated carbocycles. The van der Waals surface area contributed by atoms with Gasteiger partial charge in [-0.05, 0) is 59.1 Å². The van der Waals surface area contributed by atoms with Crippen molar-refractivity contribution in [3.63, 3.8) is 0 Å². The zero-order valence-electron chi connectivity index (χ0n) is 16.6. The van der Waals surface area contributed by atoms with Gasteiger partial charge in [0.1, 0.15) is 5.82 Å². The molecule has 0 amide bonds. The van der Waals surface area contributed by atoms with Crippen molar-refractivity contribution in [2.24, 2.45) is 7.05 Å². The van der Waals surface area contributed by atoms with Crippen molar-refractivity contribution in [2.75, 3.05) is 10.6 Å². The number of rotatable bonds is 6. The van der Waals surface area contributed by atoms with Gasteiger partial charge < -0.3 is 10.6 Å². The summed E-state index contributed by atoms with van der Waals surface area (Å²) in [5.41, 5.74) is 2.35. The number of halogens is 1. The average molecular weight is 499 g/mol. The van der Waals surface area contributed by atoms with Crippen LogP contribution in [0, 0.1) is 0 Å². The summed E-state index contributed by atoms with van der Waals surface area (Å²) in [6, 6.07) is 12.8. The topological polar surface area (TPSA) is 102 Å². The minimum atomic E-state index is -3.35. The molecule has 2 aromatic carbocycles. The molecule has 0 aliphatic heterocycles. The van der Waals surface area contributed by atoms with Crippen LogP contribution in [0.1, 0.15) is 12.8 Å². The molecule has 0 unspecified atom stereocenters. The van der Waals surface area contributed by atoms with Crippen LogP contribution in [0.3, 0.4) is 0 Å². The summed E-state index contributed by atoms with van der Waals surface area (Å²) in [7, 11) is -1.46. The number of aromatic nitrogens is 4. The Morgan fingerprint density at radius 1 is 1.10 bits per heavy atom. The van der Waals surface area contributed by atoms with Gasteiger partial charge in [0.2, 0.25) is 5.95 Å². The third kappa shape index (κ3) is 3.88. The molecule has 1 aliphatic rings. The van der Waals surface area contributed by atoms with Crippen LogP contribution in [-0.4, -0.2) is 33.4 Å². The van der Waals surface area contributed by atoms with E-state index in [0.717, 1.165) is 16.6 Å². The fraction of sp³-hybridized carbons (Fsp3) is 0.190. The first-order chi connectivity index (χ1) is 14.9. The second-order valence-corrected chi connectivity index (χ2v) is 10.5. The van der Waals surface area contributed by atoms with E-state index < -0.39 is 9.84 Å². The second-order valence-electron chi connectivity index (χ2n) is 7.42. The third-order valence-electron chi connectivity index (χ3n) is 5.16. The minimum Gasteiger partial charge on any atom is -0.338 e. The fourth-order valence-electron chi connectivity index (χ4n) is 3.39. The number of nitrogens with one attached hydrogen (secondary N) is 2. The van der Waals surface area contributed by atoms with Crippen LogP contribution in [0.15, 0.2) is 64.2 Å². The number of anilines is 4. The third-order valence-corrected chi connectivity index (χ3v) is 8.05. The largest absolute Gasteiger partial charge is 0.338 e. The first-order valence-corrected chi connectivity index (χ1v) is 12.1. The molecule has 2 N–H and O–H groups in total. The van der Waals surface area contributed by atoms with E-state index >= 15 is 0 Å². The summed E-state index contributed by atoms with van der Waals surface area (Å²) in [4.78, 5) is 9.15. The summed E-state index contributed by atoms with van der Waals surface area (Å²) in [6.07, 6.45) is 4.85. The second kappa shape index (κ2) is 7.61. The maximum absolute atomic E-state index is 12.8. The van der Waals surface area contributed by atoms with Gasteiger partial charge in [-0.1, -0.05) is 12.1 Å². The van der Waals surface area contributed by atoms with Crippen molar-refractivity contribution in [3.05, 3.63) is 59.3 Å². The van der Waals surface area contributed by atoms with E-state index in [1.54, 1.807) is 36.7 Å². The Labute approximate surface area is 187 Å². The summed E-state index contributed by atoms with van der Waals surface area (Å²) < 4.78 is 28.0. The Hall–Kier alpha value is -2.98. The van der Waals surface area contributed by atoms with Gasteiger partial charge in [0.25, 0.3) is 0 Å². The molecule has 0 radical (unpaired) electrons. The Bertz CT molecular complexity index is 1400. The first kappa shape index (κ1) is 20.0. The van der Waals surface area contributed by atoms with Gasteiger partial charge in [-0.3, -0.25) is 4.68 Å². The summed E-state index contributed by atoms with van der Waals surface area (Å²) in [5, 5.41) is 11.3. The summed E-state index contributed by atoms with van der Waals surface area (Å²) in [6.45, 7) is 0. The van der Waals surface area contributed by atoms with Crippen LogP contribution in [-0.2, 0) is 16.9 Å². The van der Waals surface area contributed by atoms with Crippen molar-refractivity contribution in [1.29, 1.82) is 0 Å². The lowest BCUT2D eigenvalue weighted by atomic mass is 10.2. The molecular weight excluding hydrogens is 480 g/mol. The molecule has 1 aliphatic carbocycles. The van der Waals surface area contributed by atoms with E-state index in [1.807, 2.05) is 29.9 Å². The van der Waals surface area contributed by atoms with Crippen molar-refractivity contribution < 1.29 is 8.42 Å².